The van der Waals surface area contributed by atoms with Crippen LogP contribution < -0.4 is 5.56 Å². The number of aliphatic hydroxyl groups is 1. The standard InChI is InChI=1S/C17H23N3O2/c1-13-6-8-19(9-7-13)10-14(21)11-20-12-18-16-5-3-2-4-15(16)17(20)22/h2-5,12-14,21H,6-11H2,1H3/t14-/m0/s1. The molecule has 2 heterocycles. The van der Waals surface area contributed by atoms with Crippen molar-refractivity contribution in [1.82, 2.24) is 14.5 Å². The van der Waals surface area contributed by atoms with E-state index in [2.05, 4.69) is 16.8 Å². The van der Waals surface area contributed by atoms with Crippen LogP contribution in [0.15, 0.2) is 35.4 Å². The largest absolute Gasteiger partial charge is 0.390 e. The molecular weight excluding hydrogens is 278 g/mol. The van der Waals surface area contributed by atoms with Crippen LogP contribution in [0.3, 0.4) is 0 Å². The zero-order chi connectivity index (χ0) is 15.5. The summed E-state index contributed by atoms with van der Waals surface area (Å²) >= 11 is 0. The maximum absolute atomic E-state index is 12.4. The summed E-state index contributed by atoms with van der Waals surface area (Å²) in [4.78, 5) is 19.0. The van der Waals surface area contributed by atoms with Crippen molar-refractivity contribution in [2.24, 2.45) is 5.92 Å². The van der Waals surface area contributed by atoms with Gasteiger partial charge in [0.25, 0.3) is 5.56 Å². The minimum atomic E-state index is -0.547. The number of likely N-dealkylation sites (tertiary alicyclic amines) is 1. The van der Waals surface area contributed by atoms with Gasteiger partial charge < -0.3 is 10.0 Å². The number of β-amino-alcohol motifs (C(OH)–C–C–N with tert-alkyl or cyclic N) is 1. The van der Waals surface area contributed by atoms with Crippen molar-refractivity contribution in [1.29, 1.82) is 0 Å². The quantitative estimate of drug-likeness (QED) is 0.929. The topological polar surface area (TPSA) is 58.4 Å². The van der Waals surface area contributed by atoms with Crippen LogP contribution in [0, 0.1) is 5.92 Å². The molecule has 0 saturated carbocycles. The minimum absolute atomic E-state index is 0.0862. The molecule has 1 aliphatic heterocycles. The van der Waals surface area contributed by atoms with Crippen molar-refractivity contribution in [3.8, 4) is 0 Å². The SMILES string of the molecule is CC1CCN(C[C@H](O)Cn2cnc3ccccc3c2=O)CC1. The number of aromatic nitrogens is 2. The number of hydrogen-bond donors (Lipinski definition) is 1. The first kappa shape index (κ1) is 15.2. The summed E-state index contributed by atoms with van der Waals surface area (Å²) in [5, 5.41) is 10.9. The first-order valence-corrected chi connectivity index (χ1v) is 7.98. The van der Waals surface area contributed by atoms with E-state index in [0.717, 1.165) is 19.0 Å². The van der Waals surface area contributed by atoms with Gasteiger partial charge in [-0.2, -0.15) is 0 Å². The van der Waals surface area contributed by atoms with Crippen LogP contribution in [0.2, 0.25) is 0 Å². The maximum Gasteiger partial charge on any atom is 0.261 e. The Morgan fingerprint density at radius 3 is 2.77 bits per heavy atom. The molecule has 0 amide bonds. The van der Waals surface area contributed by atoms with Gasteiger partial charge >= 0.3 is 0 Å². The van der Waals surface area contributed by atoms with E-state index in [4.69, 9.17) is 0 Å². The smallest absolute Gasteiger partial charge is 0.261 e. The summed E-state index contributed by atoms with van der Waals surface area (Å²) in [6.07, 6.45) is 3.36. The average Bonchev–Trinajstić information content (AvgIpc) is 2.53. The van der Waals surface area contributed by atoms with Crippen LogP contribution in [-0.2, 0) is 6.54 Å². The van der Waals surface area contributed by atoms with E-state index in [0.29, 0.717) is 24.0 Å². The third-order valence-corrected chi connectivity index (χ3v) is 4.48. The van der Waals surface area contributed by atoms with Crippen molar-refractivity contribution >= 4 is 10.9 Å². The highest BCUT2D eigenvalue weighted by Gasteiger charge is 2.19. The van der Waals surface area contributed by atoms with Crippen LogP contribution in [0.25, 0.3) is 10.9 Å². The van der Waals surface area contributed by atoms with Crippen LogP contribution in [-0.4, -0.2) is 45.3 Å². The molecule has 1 aromatic heterocycles. The van der Waals surface area contributed by atoms with Gasteiger partial charge in [-0.05, 0) is 44.0 Å². The molecule has 1 fully saturated rings. The van der Waals surface area contributed by atoms with Crippen molar-refractivity contribution in [3.05, 3.63) is 40.9 Å². The molecule has 22 heavy (non-hydrogen) atoms. The number of fused-ring (bicyclic) bond motifs is 1. The number of piperidine rings is 1. The van der Waals surface area contributed by atoms with Crippen molar-refractivity contribution in [2.45, 2.75) is 32.4 Å². The molecule has 1 aromatic carbocycles. The predicted molar refractivity (Wildman–Crippen MR) is 86.8 cm³/mol. The number of aliphatic hydroxyl groups excluding tert-OH is 1. The molecule has 3 rings (SSSR count). The van der Waals surface area contributed by atoms with E-state index >= 15 is 0 Å². The Morgan fingerprint density at radius 1 is 1.27 bits per heavy atom. The van der Waals surface area contributed by atoms with Gasteiger partial charge in [-0.25, -0.2) is 4.98 Å². The molecule has 2 aromatic rings. The van der Waals surface area contributed by atoms with E-state index in [-0.39, 0.29) is 5.56 Å². The second-order valence-corrected chi connectivity index (χ2v) is 6.36. The molecule has 0 spiro atoms. The summed E-state index contributed by atoms with van der Waals surface area (Å²) in [7, 11) is 0. The Hall–Kier alpha value is -1.72. The number of hydrogen-bond acceptors (Lipinski definition) is 4. The van der Waals surface area contributed by atoms with Crippen molar-refractivity contribution < 1.29 is 5.11 Å². The Labute approximate surface area is 130 Å². The second kappa shape index (κ2) is 6.58. The zero-order valence-electron chi connectivity index (χ0n) is 13.0. The molecule has 5 nitrogen and oxygen atoms in total. The number of rotatable bonds is 4. The van der Waals surface area contributed by atoms with Crippen LogP contribution in [0.4, 0.5) is 0 Å². The second-order valence-electron chi connectivity index (χ2n) is 6.36. The van der Waals surface area contributed by atoms with Gasteiger partial charge in [-0.3, -0.25) is 9.36 Å². The Kier molecular flexibility index (Phi) is 4.55. The average molecular weight is 301 g/mol. The molecule has 5 heteroatoms. The van der Waals surface area contributed by atoms with Gasteiger partial charge in [0.15, 0.2) is 0 Å². The predicted octanol–water partition coefficient (Wildman–Crippen LogP) is 1.49. The van der Waals surface area contributed by atoms with Gasteiger partial charge in [0.2, 0.25) is 0 Å². The summed E-state index contributed by atoms with van der Waals surface area (Å²) in [6.45, 7) is 5.25. The summed E-state index contributed by atoms with van der Waals surface area (Å²) in [5.74, 6) is 0.778. The first-order chi connectivity index (χ1) is 10.6. The molecular formula is C17H23N3O2. The molecule has 1 saturated heterocycles. The maximum atomic E-state index is 12.4. The molecule has 1 aliphatic rings. The Bertz CT molecular complexity index is 690. The molecule has 118 valence electrons. The fourth-order valence-electron chi connectivity index (χ4n) is 3.06. The minimum Gasteiger partial charge on any atom is -0.390 e. The van der Waals surface area contributed by atoms with Crippen molar-refractivity contribution in [3.63, 3.8) is 0 Å². The number of nitrogens with zero attached hydrogens (tertiary/aromatic N) is 3. The third-order valence-electron chi connectivity index (χ3n) is 4.48. The molecule has 0 unspecified atom stereocenters. The van der Waals surface area contributed by atoms with E-state index < -0.39 is 6.10 Å². The first-order valence-electron chi connectivity index (χ1n) is 7.98. The van der Waals surface area contributed by atoms with Gasteiger partial charge in [0.1, 0.15) is 0 Å². The fraction of sp³-hybridized carbons (Fsp3) is 0.529. The fourth-order valence-corrected chi connectivity index (χ4v) is 3.06. The lowest BCUT2D eigenvalue weighted by atomic mass is 9.99. The van der Waals surface area contributed by atoms with Gasteiger partial charge in [-0.15, -0.1) is 0 Å². The Morgan fingerprint density at radius 2 is 2.00 bits per heavy atom. The van der Waals surface area contributed by atoms with E-state index in [1.165, 1.54) is 23.7 Å². The van der Waals surface area contributed by atoms with E-state index in [1.807, 2.05) is 18.2 Å². The third kappa shape index (κ3) is 3.36. The van der Waals surface area contributed by atoms with E-state index in [9.17, 15) is 9.90 Å². The van der Waals surface area contributed by atoms with Gasteiger partial charge in [0.05, 0.1) is 29.9 Å². The van der Waals surface area contributed by atoms with Gasteiger partial charge in [0, 0.05) is 6.54 Å². The highest BCUT2D eigenvalue weighted by molar-refractivity contribution is 5.76. The lowest BCUT2D eigenvalue weighted by molar-refractivity contribution is 0.0794. The van der Waals surface area contributed by atoms with Gasteiger partial charge in [-0.1, -0.05) is 19.1 Å². The molecule has 0 bridgehead atoms. The summed E-state index contributed by atoms with van der Waals surface area (Å²) < 4.78 is 1.51. The summed E-state index contributed by atoms with van der Waals surface area (Å²) in [6, 6.07) is 7.30. The number of para-hydroxylation sites is 1. The summed E-state index contributed by atoms with van der Waals surface area (Å²) in [5.41, 5.74) is 0.611. The lowest BCUT2D eigenvalue weighted by Crippen LogP contribution is -2.40. The Balaban J connectivity index is 1.67. The lowest BCUT2D eigenvalue weighted by Gasteiger charge is -2.31. The zero-order valence-corrected chi connectivity index (χ0v) is 13.0. The molecule has 0 radical (unpaired) electrons. The normalized spacial score (nSPS) is 18.6. The molecule has 0 aliphatic carbocycles. The molecule has 1 atom stereocenters. The van der Waals surface area contributed by atoms with Crippen LogP contribution >= 0.6 is 0 Å². The highest BCUT2D eigenvalue weighted by atomic mass is 16.3. The highest BCUT2D eigenvalue weighted by Crippen LogP contribution is 2.16. The van der Waals surface area contributed by atoms with Crippen molar-refractivity contribution in [2.75, 3.05) is 19.6 Å². The van der Waals surface area contributed by atoms with Crippen LogP contribution in [0.5, 0.6) is 0 Å². The number of benzene rings is 1. The van der Waals surface area contributed by atoms with E-state index in [1.54, 1.807) is 6.07 Å². The monoisotopic (exact) mass is 301 g/mol. The van der Waals surface area contributed by atoms with Crippen LogP contribution in [0.1, 0.15) is 19.8 Å². The molecule has 1 N–H and O–H groups in total.